The zero-order chi connectivity index (χ0) is 24.3. The summed E-state index contributed by atoms with van der Waals surface area (Å²) in [5.41, 5.74) is -0.940. The Morgan fingerprint density at radius 3 is 2.56 bits per heavy atom. The first-order valence-electron chi connectivity index (χ1n) is 13.6. The van der Waals surface area contributed by atoms with Crippen molar-refractivity contribution in [2.24, 2.45) is 34.5 Å². The Morgan fingerprint density at radius 1 is 1.12 bits per heavy atom. The fourth-order valence-electron chi connectivity index (χ4n) is 8.37. The Hall–Kier alpha value is -1.08. The number of ketones is 2. The number of ether oxygens (including phenoxy) is 1. The molecule has 4 aliphatic carbocycles. The Bertz CT molecular complexity index is 865. The van der Waals surface area contributed by atoms with Gasteiger partial charge in [-0.25, -0.2) is 0 Å². The zero-order valence-corrected chi connectivity index (χ0v) is 21.2. The van der Waals surface area contributed by atoms with Crippen LogP contribution in [0.1, 0.15) is 72.1 Å². The molecule has 5 rings (SSSR count). The summed E-state index contributed by atoms with van der Waals surface area (Å²) < 4.78 is 5.41. The van der Waals surface area contributed by atoms with Gasteiger partial charge in [0.25, 0.3) is 0 Å². The van der Waals surface area contributed by atoms with Gasteiger partial charge in [0.1, 0.15) is 5.78 Å². The van der Waals surface area contributed by atoms with Gasteiger partial charge in [0.05, 0.1) is 31.5 Å². The highest BCUT2D eigenvalue weighted by Gasteiger charge is 2.64. The van der Waals surface area contributed by atoms with Crippen LogP contribution in [0.25, 0.3) is 0 Å². The Labute approximate surface area is 204 Å². The van der Waals surface area contributed by atoms with Gasteiger partial charge in [-0.05, 0) is 86.2 Å². The second kappa shape index (κ2) is 8.79. The van der Waals surface area contributed by atoms with Crippen molar-refractivity contribution in [1.82, 2.24) is 4.90 Å². The molecular weight excluding hydrogens is 430 g/mol. The van der Waals surface area contributed by atoms with Gasteiger partial charge in [0.2, 0.25) is 0 Å². The number of carbonyl (C=O) groups excluding carboxylic acids is 2. The molecule has 6 nitrogen and oxygen atoms in total. The third kappa shape index (κ3) is 3.75. The third-order valence-corrected chi connectivity index (χ3v) is 10.9. The lowest BCUT2D eigenvalue weighted by Gasteiger charge is -2.62. The lowest BCUT2D eigenvalue weighted by atomic mass is 9.42. The van der Waals surface area contributed by atoms with E-state index < -0.39 is 17.1 Å². The second-order valence-corrected chi connectivity index (χ2v) is 12.6. The summed E-state index contributed by atoms with van der Waals surface area (Å²) in [5, 5.41) is 23.0. The van der Waals surface area contributed by atoms with Gasteiger partial charge in [-0.3, -0.25) is 14.5 Å². The van der Waals surface area contributed by atoms with Gasteiger partial charge in [0, 0.05) is 24.4 Å². The van der Waals surface area contributed by atoms with E-state index in [1.165, 1.54) is 0 Å². The molecule has 0 aromatic carbocycles. The molecule has 1 saturated heterocycles. The summed E-state index contributed by atoms with van der Waals surface area (Å²) in [6, 6.07) is 0. The summed E-state index contributed by atoms with van der Waals surface area (Å²) in [6.45, 7) is 9.80. The lowest BCUT2D eigenvalue weighted by molar-refractivity contribution is -0.160. The standard InChI is InChI=1S/C28H43NO5/c1-18-15-27(3)25(32)14-22-21(26(27,2)16-23(18)30)7-6-20-5-4-19(8-9-28(20,22)33)24(31)17-29-10-12-34-13-11-29/h14,18-21,23,30,33H,4-13,15-17H2,1-3H3/t18-,19-,20-,21?,23+,26-,27?,28+/m1/s1. The minimum atomic E-state index is -1.01. The fraction of sp³-hybridized carbons (Fsp3) is 0.857. The van der Waals surface area contributed by atoms with Crippen LogP contribution in [0.5, 0.6) is 0 Å². The lowest BCUT2D eigenvalue weighted by Crippen LogP contribution is -2.61. The number of hydrogen-bond acceptors (Lipinski definition) is 6. The predicted octanol–water partition coefficient (Wildman–Crippen LogP) is 3.15. The molecule has 2 unspecified atom stereocenters. The number of carbonyl (C=O) groups is 2. The normalized spacial score (nSPS) is 47.6. The molecule has 5 aliphatic rings. The number of morpholine rings is 1. The molecule has 190 valence electrons. The van der Waals surface area contributed by atoms with Gasteiger partial charge >= 0.3 is 0 Å². The van der Waals surface area contributed by atoms with E-state index in [0.717, 1.165) is 44.3 Å². The van der Waals surface area contributed by atoms with E-state index in [4.69, 9.17) is 4.74 Å². The average molecular weight is 474 g/mol. The number of aliphatic hydroxyl groups is 2. The number of fused-ring (bicyclic) bond motifs is 5. The van der Waals surface area contributed by atoms with Crippen LogP contribution in [0.4, 0.5) is 0 Å². The van der Waals surface area contributed by atoms with Crippen molar-refractivity contribution in [3.63, 3.8) is 0 Å². The first-order valence-corrected chi connectivity index (χ1v) is 13.6. The molecule has 3 saturated carbocycles. The van der Waals surface area contributed by atoms with E-state index in [1.54, 1.807) is 6.08 Å². The van der Waals surface area contributed by atoms with Crippen molar-refractivity contribution in [2.75, 3.05) is 32.8 Å². The molecule has 8 atom stereocenters. The molecular formula is C28H43NO5. The molecule has 6 heteroatoms. The number of hydrogen-bond donors (Lipinski definition) is 2. The van der Waals surface area contributed by atoms with Crippen molar-refractivity contribution in [2.45, 2.75) is 83.8 Å². The van der Waals surface area contributed by atoms with Gasteiger partial charge in [-0.1, -0.05) is 20.8 Å². The van der Waals surface area contributed by atoms with Gasteiger partial charge < -0.3 is 14.9 Å². The first-order chi connectivity index (χ1) is 16.1. The maximum absolute atomic E-state index is 13.6. The molecule has 4 fully saturated rings. The van der Waals surface area contributed by atoms with Crippen LogP contribution < -0.4 is 0 Å². The van der Waals surface area contributed by atoms with E-state index >= 15 is 0 Å². The van der Waals surface area contributed by atoms with Crippen LogP contribution >= 0.6 is 0 Å². The van der Waals surface area contributed by atoms with E-state index in [0.29, 0.717) is 51.2 Å². The van der Waals surface area contributed by atoms with Crippen LogP contribution in [0.15, 0.2) is 11.6 Å². The van der Waals surface area contributed by atoms with Crippen molar-refractivity contribution in [3.8, 4) is 0 Å². The van der Waals surface area contributed by atoms with E-state index in [1.807, 2.05) is 6.92 Å². The monoisotopic (exact) mass is 473 g/mol. The van der Waals surface area contributed by atoms with E-state index in [-0.39, 0.29) is 34.9 Å². The second-order valence-electron chi connectivity index (χ2n) is 12.6. The fourth-order valence-corrected chi connectivity index (χ4v) is 8.37. The van der Waals surface area contributed by atoms with Crippen LogP contribution in [-0.4, -0.2) is 71.2 Å². The molecule has 0 bridgehead atoms. The number of nitrogens with zero attached hydrogens (tertiary/aromatic N) is 1. The molecule has 0 aromatic rings. The number of aliphatic hydroxyl groups excluding tert-OH is 1. The van der Waals surface area contributed by atoms with Crippen LogP contribution in [-0.2, 0) is 14.3 Å². The molecule has 1 heterocycles. The molecule has 1 aliphatic heterocycles. The zero-order valence-electron chi connectivity index (χ0n) is 21.2. The van der Waals surface area contributed by atoms with Gasteiger partial charge in [0.15, 0.2) is 5.78 Å². The smallest absolute Gasteiger partial charge is 0.162 e. The van der Waals surface area contributed by atoms with Crippen molar-refractivity contribution >= 4 is 11.6 Å². The van der Waals surface area contributed by atoms with E-state index in [2.05, 4.69) is 18.7 Å². The summed E-state index contributed by atoms with van der Waals surface area (Å²) in [6.07, 6.45) is 7.48. The van der Waals surface area contributed by atoms with Crippen LogP contribution in [0.2, 0.25) is 0 Å². The van der Waals surface area contributed by atoms with Crippen molar-refractivity contribution in [3.05, 3.63) is 11.6 Å². The largest absolute Gasteiger partial charge is 0.393 e. The Morgan fingerprint density at radius 2 is 1.82 bits per heavy atom. The summed E-state index contributed by atoms with van der Waals surface area (Å²) in [4.78, 5) is 29.0. The molecule has 0 radical (unpaired) electrons. The first kappa shape index (κ1) is 24.6. The minimum Gasteiger partial charge on any atom is -0.393 e. The topological polar surface area (TPSA) is 87.1 Å². The third-order valence-electron chi connectivity index (χ3n) is 10.9. The number of rotatable bonds is 3. The maximum atomic E-state index is 13.6. The number of Topliss-reactive ketones (excluding diaryl/α,β-unsaturated/α-hetero) is 1. The summed E-state index contributed by atoms with van der Waals surface area (Å²) in [5.74, 6) is 0.710. The quantitative estimate of drug-likeness (QED) is 0.655. The summed E-state index contributed by atoms with van der Waals surface area (Å²) >= 11 is 0. The highest BCUT2D eigenvalue weighted by atomic mass is 16.5. The molecule has 34 heavy (non-hydrogen) atoms. The van der Waals surface area contributed by atoms with Crippen molar-refractivity contribution in [1.29, 1.82) is 0 Å². The van der Waals surface area contributed by atoms with Gasteiger partial charge in [-0.15, -0.1) is 0 Å². The highest BCUT2D eigenvalue weighted by molar-refractivity contribution is 5.97. The average Bonchev–Trinajstić information content (AvgIpc) is 2.97. The molecule has 0 amide bonds. The molecule has 0 aromatic heterocycles. The maximum Gasteiger partial charge on any atom is 0.162 e. The van der Waals surface area contributed by atoms with Crippen LogP contribution in [0.3, 0.4) is 0 Å². The SMILES string of the molecule is C[C@@H]1CC2(C)C(=O)C=C3C(CC[C@H]4CC[C@@H](C(=O)CN5CCOCC5)CC[C@@]34O)[C@@]2(C)C[C@@H]1O. The van der Waals surface area contributed by atoms with Gasteiger partial charge in [-0.2, -0.15) is 0 Å². The highest BCUT2D eigenvalue weighted by Crippen LogP contribution is 2.65. The predicted molar refractivity (Wildman–Crippen MR) is 129 cm³/mol. The van der Waals surface area contributed by atoms with Crippen LogP contribution in [0, 0.1) is 34.5 Å². The molecule has 2 N–H and O–H groups in total. The summed E-state index contributed by atoms with van der Waals surface area (Å²) in [7, 11) is 0. The Balaban J connectivity index is 1.38. The number of allylic oxidation sites excluding steroid dienone is 1. The molecule has 0 spiro atoms. The van der Waals surface area contributed by atoms with E-state index in [9.17, 15) is 19.8 Å². The van der Waals surface area contributed by atoms with Crippen molar-refractivity contribution < 1.29 is 24.5 Å². The Kier molecular flexibility index (Phi) is 6.36. The minimum absolute atomic E-state index is 0.0194.